The Bertz CT molecular complexity index is 267. The molecule has 0 saturated carbocycles. The van der Waals surface area contributed by atoms with Gasteiger partial charge >= 0.3 is 0 Å². The quantitative estimate of drug-likeness (QED) is 0.587. The molecule has 0 aliphatic carbocycles. The molecule has 0 atom stereocenters. The maximum atomic E-state index is 3.82. The lowest BCUT2D eigenvalue weighted by atomic mass is 10.1. The Morgan fingerprint density at radius 1 is 1.21 bits per heavy atom. The molecule has 1 nitrogen and oxygen atoms in total. The van der Waals surface area contributed by atoms with Crippen molar-refractivity contribution in [2.45, 2.75) is 6.42 Å². The lowest BCUT2D eigenvalue weighted by molar-refractivity contribution is -0.838. The topological polar surface area (TPSA) is 0 Å². The average molecular weight is 212 g/mol. The van der Waals surface area contributed by atoms with Gasteiger partial charge in [0, 0.05) is 6.42 Å². The third-order valence-corrected chi connectivity index (χ3v) is 2.31. The van der Waals surface area contributed by atoms with Gasteiger partial charge < -0.3 is 16.9 Å². The second-order valence-electron chi connectivity index (χ2n) is 3.92. The molecule has 0 amide bonds. The van der Waals surface area contributed by atoms with Crippen LogP contribution in [0.3, 0.4) is 0 Å². The zero-order valence-corrected chi connectivity index (χ0v) is 9.67. The SMILES string of the molecule is C=C[N+](C)(C)CCc1ccccc1.[Cl-]. The van der Waals surface area contributed by atoms with Gasteiger partial charge in [-0.25, -0.2) is 0 Å². The van der Waals surface area contributed by atoms with Crippen LogP contribution in [-0.2, 0) is 6.42 Å². The molecule has 0 bridgehead atoms. The summed E-state index contributed by atoms with van der Waals surface area (Å²) in [5.41, 5.74) is 1.40. The molecule has 0 aliphatic rings. The number of rotatable bonds is 4. The predicted molar refractivity (Wildman–Crippen MR) is 57.3 cm³/mol. The molecule has 1 aromatic carbocycles. The van der Waals surface area contributed by atoms with Crippen LogP contribution in [0, 0.1) is 0 Å². The largest absolute Gasteiger partial charge is 1.00 e. The molecule has 0 aliphatic heterocycles. The van der Waals surface area contributed by atoms with Crippen molar-refractivity contribution in [1.82, 2.24) is 0 Å². The maximum Gasteiger partial charge on any atom is 0.0881 e. The van der Waals surface area contributed by atoms with E-state index in [1.807, 2.05) is 6.20 Å². The first-order valence-corrected chi connectivity index (χ1v) is 4.64. The van der Waals surface area contributed by atoms with Gasteiger partial charge in [-0.2, -0.15) is 0 Å². The lowest BCUT2D eigenvalue weighted by Gasteiger charge is -2.24. The van der Waals surface area contributed by atoms with E-state index in [1.54, 1.807) is 0 Å². The predicted octanol–water partition coefficient (Wildman–Crippen LogP) is -0.547. The highest BCUT2D eigenvalue weighted by atomic mass is 35.5. The molecular formula is C12H18ClN. The van der Waals surface area contributed by atoms with Crippen LogP contribution in [0.4, 0.5) is 0 Å². The summed E-state index contributed by atoms with van der Waals surface area (Å²) in [7, 11) is 4.33. The highest BCUT2D eigenvalue weighted by Gasteiger charge is 2.08. The standard InChI is InChI=1S/C12H18N.ClH/c1-4-13(2,3)11-10-12-8-6-5-7-9-12;/h4-9H,1,10-11H2,2-3H3;1H/q+1;/p-1. The smallest absolute Gasteiger partial charge is 0.0881 e. The van der Waals surface area contributed by atoms with Crippen molar-refractivity contribution in [2.24, 2.45) is 0 Å². The van der Waals surface area contributed by atoms with E-state index in [2.05, 4.69) is 51.0 Å². The van der Waals surface area contributed by atoms with Gasteiger partial charge in [0.2, 0.25) is 0 Å². The van der Waals surface area contributed by atoms with E-state index < -0.39 is 0 Å². The third-order valence-electron chi connectivity index (χ3n) is 2.31. The molecule has 1 aromatic rings. The molecule has 0 heterocycles. The number of hydrogen-bond donors (Lipinski definition) is 0. The Hall–Kier alpha value is -0.790. The molecule has 0 radical (unpaired) electrons. The maximum absolute atomic E-state index is 3.82. The molecule has 14 heavy (non-hydrogen) atoms. The number of nitrogens with zero attached hydrogens (tertiary/aromatic N) is 1. The highest BCUT2D eigenvalue weighted by Crippen LogP contribution is 2.04. The second-order valence-corrected chi connectivity index (χ2v) is 3.92. The van der Waals surface area contributed by atoms with E-state index in [1.165, 1.54) is 5.56 Å². The second kappa shape index (κ2) is 5.84. The van der Waals surface area contributed by atoms with Crippen molar-refractivity contribution in [1.29, 1.82) is 0 Å². The molecule has 0 spiro atoms. The summed E-state index contributed by atoms with van der Waals surface area (Å²) in [6.45, 7) is 4.92. The number of benzene rings is 1. The minimum atomic E-state index is 0. The Morgan fingerprint density at radius 2 is 1.79 bits per heavy atom. The van der Waals surface area contributed by atoms with E-state index in [-0.39, 0.29) is 12.4 Å². The van der Waals surface area contributed by atoms with Gasteiger partial charge in [0.15, 0.2) is 0 Å². The highest BCUT2D eigenvalue weighted by molar-refractivity contribution is 5.14. The first kappa shape index (κ1) is 13.2. The number of likely N-dealkylation sites (N-methyl/N-ethyl adjacent to an activating group) is 1. The summed E-state index contributed by atoms with van der Waals surface area (Å²) < 4.78 is 0.870. The average Bonchev–Trinajstić information content (AvgIpc) is 2.17. The van der Waals surface area contributed by atoms with Gasteiger partial charge in [0.1, 0.15) is 0 Å². The molecule has 0 unspecified atom stereocenters. The minimum Gasteiger partial charge on any atom is -1.00 e. The molecule has 0 aromatic heterocycles. The molecule has 0 N–H and O–H groups in total. The zero-order valence-electron chi connectivity index (χ0n) is 8.91. The van der Waals surface area contributed by atoms with Crippen molar-refractivity contribution >= 4 is 0 Å². The molecule has 2 heteroatoms. The van der Waals surface area contributed by atoms with Crippen LogP contribution < -0.4 is 12.4 Å². The third kappa shape index (κ3) is 4.45. The van der Waals surface area contributed by atoms with E-state index in [4.69, 9.17) is 0 Å². The van der Waals surface area contributed by atoms with E-state index >= 15 is 0 Å². The molecule has 1 rings (SSSR count). The summed E-state index contributed by atoms with van der Waals surface area (Å²) in [4.78, 5) is 0. The Balaban J connectivity index is 0.00000169. The summed E-state index contributed by atoms with van der Waals surface area (Å²) in [6.07, 6.45) is 3.09. The first-order valence-electron chi connectivity index (χ1n) is 4.64. The van der Waals surface area contributed by atoms with Crippen molar-refractivity contribution in [3.8, 4) is 0 Å². The van der Waals surface area contributed by atoms with Crippen molar-refractivity contribution in [2.75, 3.05) is 20.6 Å². The fourth-order valence-corrected chi connectivity index (χ4v) is 1.15. The Kier molecular flexibility index (Phi) is 5.51. The van der Waals surface area contributed by atoms with Crippen molar-refractivity contribution < 1.29 is 16.9 Å². The van der Waals surface area contributed by atoms with Gasteiger partial charge in [-0.1, -0.05) is 30.3 Å². The molecular weight excluding hydrogens is 194 g/mol. The van der Waals surface area contributed by atoms with Crippen LogP contribution in [0.5, 0.6) is 0 Å². The normalized spacial score (nSPS) is 10.4. The zero-order chi connectivity index (χ0) is 9.73. The van der Waals surface area contributed by atoms with Crippen LogP contribution in [0.25, 0.3) is 0 Å². The molecule has 0 fully saturated rings. The fourth-order valence-electron chi connectivity index (χ4n) is 1.15. The molecule has 78 valence electrons. The van der Waals surface area contributed by atoms with Crippen LogP contribution in [0.2, 0.25) is 0 Å². The Morgan fingerprint density at radius 3 is 2.29 bits per heavy atom. The summed E-state index contributed by atoms with van der Waals surface area (Å²) in [5.74, 6) is 0. The van der Waals surface area contributed by atoms with E-state index in [0.29, 0.717) is 0 Å². The van der Waals surface area contributed by atoms with Crippen LogP contribution in [0.1, 0.15) is 5.56 Å². The number of halogens is 1. The van der Waals surface area contributed by atoms with Gasteiger partial charge in [-0.15, -0.1) is 0 Å². The summed E-state index contributed by atoms with van der Waals surface area (Å²) in [5, 5.41) is 0. The van der Waals surface area contributed by atoms with Crippen LogP contribution >= 0.6 is 0 Å². The van der Waals surface area contributed by atoms with Crippen LogP contribution in [0.15, 0.2) is 43.1 Å². The minimum absolute atomic E-state index is 0. The molecule has 0 saturated heterocycles. The van der Waals surface area contributed by atoms with Gasteiger partial charge in [0.25, 0.3) is 0 Å². The van der Waals surface area contributed by atoms with Gasteiger partial charge in [0.05, 0.1) is 26.8 Å². The fraction of sp³-hybridized carbons (Fsp3) is 0.333. The van der Waals surface area contributed by atoms with E-state index in [9.17, 15) is 0 Å². The summed E-state index contributed by atoms with van der Waals surface area (Å²) >= 11 is 0. The number of quaternary nitrogens is 1. The van der Waals surface area contributed by atoms with Gasteiger partial charge in [-0.3, -0.25) is 0 Å². The van der Waals surface area contributed by atoms with Crippen molar-refractivity contribution in [3.05, 3.63) is 48.7 Å². The van der Waals surface area contributed by atoms with Crippen molar-refractivity contribution in [3.63, 3.8) is 0 Å². The van der Waals surface area contributed by atoms with Gasteiger partial charge in [-0.05, 0) is 12.1 Å². The Labute approximate surface area is 93.1 Å². The number of hydrogen-bond acceptors (Lipinski definition) is 0. The summed E-state index contributed by atoms with van der Waals surface area (Å²) in [6, 6.07) is 10.6. The van der Waals surface area contributed by atoms with E-state index in [0.717, 1.165) is 17.4 Å². The first-order chi connectivity index (χ1) is 6.14. The van der Waals surface area contributed by atoms with Crippen LogP contribution in [-0.4, -0.2) is 25.1 Å². The monoisotopic (exact) mass is 211 g/mol. The lowest BCUT2D eigenvalue weighted by Crippen LogP contribution is -3.00.